The molecule has 92 valence electrons. The molecule has 4 nitrogen and oxygen atoms in total. The molecule has 4 heteroatoms. The van der Waals surface area contributed by atoms with Crippen LogP contribution in [0.2, 0.25) is 0 Å². The van der Waals surface area contributed by atoms with Crippen molar-refractivity contribution < 1.29 is 14.7 Å². The van der Waals surface area contributed by atoms with Gasteiger partial charge >= 0.3 is 5.97 Å². The van der Waals surface area contributed by atoms with Gasteiger partial charge in [0.1, 0.15) is 6.04 Å². The first-order valence-corrected chi connectivity index (χ1v) is 5.60. The summed E-state index contributed by atoms with van der Waals surface area (Å²) in [7, 11) is 0. The minimum Gasteiger partial charge on any atom is -0.480 e. The third-order valence-electron chi connectivity index (χ3n) is 2.55. The molecule has 0 aromatic heterocycles. The third-order valence-corrected chi connectivity index (χ3v) is 2.55. The topological polar surface area (TPSA) is 66.4 Å². The molecular weight excluding hydrogens is 218 g/mol. The molecule has 0 spiro atoms. The Labute approximate surface area is 101 Å². The summed E-state index contributed by atoms with van der Waals surface area (Å²) in [6.07, 6.45) is 0.418. The van der Waals surface area contributed by atoms with E-state index in [0.717, 1.165) is 5.56 Å². The largest absolute Gasteiger partial charge is 0.480 e. The summed E-state index contributed by atoms with van der Waals surface area (Å²) in [5.41, 5.74) is 1.55. The predicted octanol–water partition coefficient (Wildman–Crippen LogP) is 1.49. The van der Waals surface area contributed by atoms with E-state index in [-0.39, 0.29) is 5.78 Å². The standard InChI is InChI=1S/C13H17NO3/c1-3-14-12(13(16)17)8-10-4-6-11(7-5-10)9(2)15/h4-7,12,14H,3,8H2,1-2H3,(H,16,17). The summed E-state index contributed by atoms with van der Waals surface area (Å²) < 4.78 is 0. The SMILES string of the molecule is CCNC(Cc1ccc(C(C)=O)cc1)C(=O)O. The zero-order valence-electron chi connectivity index (χ0n) is 10.1. The van der Waals surface area contributed by atoms with Crippen LogP contribution in [-0.2, 0) is 11.2 Å². The Morgan fingerprint density at radius 3 is 2.29 bits per heavy atom. The van der Waals surface area contributed by atoms with Gasteiger partial charge in [0.2, 0.25) is 0 Å². The molecule has 1 aromatic carbocycles. The Balaban J connectivity index is 2.73. The number of carboxylic acid groups (broad SMARTS) is 1. The van der Waals surface area contributed by atoms with Crippen molar-refractivity contribution in [1.29, 1.82) is 0 Å². The van der Waals surface area contributed by atoms with Gasteiger partial charge < -0.3 is 10.4 Å². The van der Waals surface area contributed by atoms with Gasteiger partial charge in [-0.1, -0.05) is 31.2 Å². The molecule has 1 unspecified atom stereocenters. The van der Waals surface area contributed by atoms with Crippen LogP contribution in [0.1, 0.15) is 29.8 Å². The molecule has 17 heavy (non-hydrogen) atoms. The second kappa shape index (κ2) is 6.15. The fraction of sp³-hybridized carbons (Fsp3) is 0.385. The average molecular weight is 235 g/mol. The van der Waals surface area contributed by atoms with Gasteiger partial charge in [-0.05, 0) is 25.5 Å². The highest BCUT2D eigenvalue weighted by molar-refractivity contribution is 5.94. The molecule has 0 radical (unpaired) electrons. The first kappa shape index (κ1) is 13.4. The lowest BCUT2D eigenvalue weighted by Gasteiger charge is -2.13. The predicted molar refractivity (Wildman–Crippen MR) is 65.3 cm³/mol. The molecule has 0 bridgehead atoms. The number of carbonyl (C=O) groups is 2. The Hall–Kier alpha value is -1.68. The molecule has 0 saturated carbocycles. The summed E-state index contributed by atoms with van der Waals surface area (Å²) in [4.78, 5) is 22.0. The zero-order valence-corrected chi connectivity index (χ0v) is 10.1. The van der Waals surface area contributed by atoms with Crippen molar-refractivity contribution in [2.75, 3.05) is 6.54 Å². The fourth-order valence-electron chi connectivity index (χ4n) is 1.60. The van der Waals surface area contributed by atoms with Gasteiger partial charge in [0.15, 0.2) is 5.78 Å². The maximum absolute atomic E-state index is 11.1. The third kappa shape index (κ3) is 4.00. The molecule has 0 fully saturated rings. The van der Waals surface area contributed by atoms with E-state index in [2.05, 4.69) is 5.32 Å². The first-order chi connectivity index (χ1) is 8.04. The number of hydrogen-bond acceptors (Lipinski definition) is 3. The lowest BCUT2D eigenvalue weighted by Crippen LogP contribution is -2.38. The van der Waals surface area contributed by atoms with Crippen LogP contribution in [0.25, 0.3) is 0 Å². The van der Waals surface area contributed by atoms with Crippen molar-refractivity contribution in [1.82, 2.24) is 5.32 Å². The van der Waals surface area contributed by atoms with Crippen LogP contribution in [0.5, 0.6) is 0 Å². The number of aliphatic carboxylic acids is 1. The highest BCUT2D eigenvalue weighted by atomic mass is 16.4. The van der Waals surface area contributed by atoms with Crippen molar-refractivity contribution >= 4 is 11.8 Å². The van der Waals surface area contributed by atoms with E-state index < -0.39 is 12.0 Å². The maximum atomic E-state index is 11.1. The van der Waals surface area contributed by atoms with Crippen molar-refractivity contribution in [3.63, 3.8) is 0 Å². The van der Waals surface area contributed by atoms with Gasteiger partial charge in [0.25, 0.3) is 0 Å². The smallest absolute Gasteiger partial charge is 0.321 e. The first-order valence-electron chi connectivity index (χ1n) is 5.60. The van der Waals surface area contributed by atoms with Crippen LogP contribution in [0.15, 0.2) is 24.3 Å². The molecule has 0 aliphatic carbocycles. The molecule has 0 aliphatic rings. The number of carboxylic acids is 1. The van der Waals surface area contributed by atoms with Crippen molar-refractivity contribution in [3.8, 4) is 0 Å². The molecule has 0 saturated heterocycles. The van der Waals surface area contributed by atoms with Gasteiger partial charge in [0.05, 0.1) is 0 Å². The van der Waals surface area contributed by atoms with Gasteiger partial charge in [0, 0.05) is 5.56 Å². The van der Waals surface area contributed by atoms with E-state index in [4.69, 9.17) is 5.11 Å². The Morgan fingerprint density at radius 1 is 1.29 bits per heavy atom. The summed E-state index contributed by atoms with van der Waals surface area (Å²) >= 11 is 0. The zero-order chi connectivity index (χ0) is 12.8. The van der Waals surface area contributed by atoms with E-state index in [1.807, 2.05) is 6.92 Å². The van der Waals surface area contributed by atoms with Gasteiger partial charge in [-0.15, -0.1) is 0 Å². The molecule has 1 rings (SSSR count). The number of hydrogen-bond donors (Lipinski definition) is 2. The van der Waals surface area contributed by atoms with Crippen LogP contribution >= 0.6 is 0 Å². The minimum absolute atomic E-state index is 0.0121. The normalized spacial score (nSPS) is 12.1. The van der Waals surface area contributed by atoms with E-state index in [1.165, 1.54) is 6.92 Å². The number of Topliss-reactive ketones (excluding diaryl/α,β-unsaturated/α-hetero) is 1. The van der Waals surface area contributed by atoms with Gasteiger partial charge in [-0.2, -0.15) is 0 Å². The summed E-state index contributed by atoms with van der Waals surface area (Å²) in [5, 5.41) is 11.9. The molecular formula is C13H17NO3. The lowest BCUT2D eigenvalue weighted by atomic mass is 10.0. The molecule has 0 aliphatic heterocycles. The fourth-order valence-corrected chi connectivity index (χ4v) is 1.60. The molecule has 2 N–H and O–H groups in total. The molecule has 1 atom stereocenters. The monoisotopic (exact) mass is 235 g/mol. The number of nitrogens with one attached hydrogen (secondary N) is 1. The summed E-state index contributed by atoms with van der Waals surface area (Å²) in [6, 6.07) is 6.46. The molecule has 1 aromatic rings. The Kier molecular flexibility index (Phi) is 4.84. The van der Waals surface area contributed by atoms with Gasteiger partial charge in [-0.25, -0.2) is 0 Å². The Bertz CT molecular complexity index is 398. The van der Waals surface area contributed by atoms with E-state index in [0.29, 0.717) is 18.5 Å². The lowest BCUT2D eigenvalue weighted by molar-refractivity contribution is -0.139. The van der Waals surface area contributed by atoms with Crippen LogP contribution < -0.4 is 5.32 Å². The summed E-state index contributed by atoms with van der Waals surface area (Å²) in [6.45, 7) is 3.99. The van der Waals surface area contributed by atoms with Gasteiger partial charge in [-0.3, -0.25) is 9.59 Å². The number of likely N-dealkylation sites (N-methyl/N-ethyl adjacent to an activating group) is 1. The van der Waals surface area contributed by atoms with E-state index >= 15 is 0 Å². The number of carbonyl (C=O) groups excluding carboxylic acids is 1. The number of benzene rings is 1. The number of rotatable bonds is 6. The van der Waals surface area contributed by atoms with Crippen molar-refractivity contribution in [2.45, 2.75) is 26.3 Å². The minimum atomic E-state index is -0.859. The quantitative estimate of drug-likeness (QED) is 0.733. The Morgan fingerprint density at radius 2 is 1.88 bits per heavy atom. The van der Waals surface area contributed by atoms with Crippen molar-refractivity contribution in [3.05, 3.63) is 35.4 Å². The van der Waals surface area contributed by atoms with E-state index in [1.54, 1.807) is 24.3 Å². The highest BCUT2D eigenvalue weighted by Gasteiger charge is 2.16. The molecule has 0 amide bonds. The second-order valence-corrected chi connectivity index (χ2v) is 3.91. The van der Waals surface area contributed by atoms with Crippen LogP contribution in [-0.4, -0.2) is 29.4 Å². The average Bonchev–Trinajstić information content (AvgIpc) is 2.29. The summed E-state index contributed by atoms with van der Waals surface area (Å²) in [5.74, 6) is -0.847. The molecule has 0 heterocycles. The number of ketones is 1. The maximum Gasteiger partial charge on any atom is 0.321 e. The van der Waals surface area contributed by atoms with Crippen LogP contribution in [0.4, 0.5) is 0 Å². The van der Waals surface area contributed by atoms with Crippen LogP contribution in [0.3, 0.4) is 0 Å². The van der Waals surface area contributed by atoms with E-state index in [9.17, 15) is 9.59 Å². The van der Waals surface area contributed by atoms with Crippen molar-refractivity contribution in [2.24, 2.45) is 0 Å². The highest BCUT2D eigenvalue weighted by Crippen LogP contribution is 2.08. The second-order valence-electron chi connectivity index (χ2n) is 3.91. The van der Waals surface area contributed by atoms with Crippen LogP contribution in [0, 0.1) is 0 Å².